The van der Waals surface area contributed by atoms with Gasteiger partial charge in [0.15, 0.2) is 17.5 Å². The second-order valence-electron chi connectivity index (χ2n) is 7.24. The summed E-state index contributed by atoms with van der Waals surface area (Å²) in [6.07, 6.45) is 1.83. The number of hydrogen-bond acceptors (Lipinski definition) is 4. The summed E-state index contributed by atoms with van der Waals surface area (Å²) in [4.78, 5) is 12.4. The molecule has 0 aliphatic carbocycles. The molecule has 7 heteroatoms. The molecule has 0 aliphatic rings. The van der Waals surface area contributed by atoms with E-state index in [1.165, 1.54) is 0 Å². The molecule has 0 fully saturated rings. The van der Waals surface area contributed by atoms with E-state index < -0.39 is 0 Å². The summed E-state index contributed by atoms with van der Waals surface area (Å²) in [5, 5.41) is 6.83. The van der Waals surface area contributed by atoms with Crippen LogP contribution < -0.4 is 20.1 Å². The number of rotatable bonds is 10. The predicted molar refractivity (Wildman–Crippen MR) is 126 cm³/mol. The number of aliphatic imine (C=N–C) groups is 1. The number of H-pyrrole nitrogens is 1. The Labute approximate surface area is 184 Å². The van der Waals surface area contributed by atoms with Gasteiger partial charge in [0.1, 0.15) is 5.82 Å². The van der Waals surface area contributed by atoms with Crippen LogP contribution in [-0.4, -0.2) is 42.7 Å². The van der Waals surface area contributed by atoms with Gasteiger partial charge in [0.05, 0.1) is 30.3 Å². The summed E-state index contributed by atoms with van der Waals surface area (Å²) in [5.74, 6) is 3.32. The van der Waals surface area contributed by atoms with Gasteiger partial charge in [-0.25, -0.2) is 4.98 Å². The topological polar surface area (TPSA) is 83.6 Å². The van der Waals surface area contributed by atoms with Crippen molar-refractivity contribution in [2.45, 2.75) is 39.7 Å². The van der Waals surface area contributed by atoms with Crippen LogP contribution in [0.3, 0.4) is 0 Å². The van der Waals surface area contributed by atoms with Crippen LogP contribution in [0.4, 0.5) is 0 Å². The first-order chi connectivity index (χ1) is 15.1. The number of aryl methyl sites for hydroxylation is 1. The third-order valence-corrected chi connectivity index (χ3v) is 4.97. The van der Waals surface area contributed by atoms with E-state index in [0.29, 0.717) is 13.2 Å². The third-order valence-electron chi connectivity index (χ3n) is 4.97. The summed E-state index contributed by atoms with van der Waals surface area (Å²) in [7, 11) is 1.78. The lowest BCUT2D eigenvalue weighted by atomic mass is 10.1. The Kier molecular flexibility index (Phi) is 8.15. The van der Waals surface area contributed by atoms with Gasteiger partial charge in [-0.3, -0.25) is 4.99 Å². The molecular weight excluding hydrogens is 390 g/mol. The van der Waals surface area contributed by atoms with Crippen molar-refractivity contribution in [3.63, 3.8) is 0 Å². The zero-order valence-electron chi connectivity index (χ0n) is 18.9. The highest BCUT2D eigenvalue weighted by Gasteiger charge is 2.12. The number of guanidine groups is 1. The summed E-state index contributed by atoms with van der Waals surface area (Å²) >= 11 is 0. The largest absolute Gasteiger partial charge is 0.490 e. The second-order valence-corrected chi connectivity index (χ2v) is 7.24. The van der Waals surface area contributed by atoms with Gasteiger partial charge in [-0.05, 0) is 57.0 Å². The number of nitrogens with zero attached hydrogens (tertiary/aromatic N) is 2. The maximum atomic E-state index is 5.75. The number of para-hydroxylation sites is 2. The van der Waals surface area contributed by atoms with Gasteiger partial charge >= 0.3 is 0 Å². The lowest BCUT2D eigenvalue weighted by molar-refractivity contribution is 0.287. The number of benzene rings is 2. The maximum Gasteiger partial charge on any atom is 0.191 e. The molecular formula is C24H33N5O2. The zero-order chi connectivity index (χ0) is 22.1. The van der Waals surface area contributed by atoms with Gasteiger partial charge < -0.3 is 25.1 Å². The van der Waals surface area contributed by atoms with Crippen LogP contribution in [0.25, 0.3) is 11.0 Å². The first-order valence-corrected chi connectivity index (χ1v) is 10.9. The number of aromatic nitrogens is 2. The fraction of sp³-hybridized carbons (Fsp3) is 0.417. The minimum absolute atomic E-state index is 0.0662. The minimum atomic E-state index is 0.0662. The quantitative estimate of drug-likeness (QED) is 0.258. The van der Waals surface area contributed by atoms with Crippen molar-refractivity contribution < 1.29 is 9.47 Å². The number of aromatic amines is 1. The van der Waals surface area contributed by atoms with E-state index in [-0.39, 0.29) is 6.04 Å². The van der Waals surface area contributed by atoms with Gasteiger partial charge in [-0.15, -0.1) is 0 Å². The summed E-state index contributed by atoms with van der Waals surface area (Å²) in [6, 6.07) is 14.2. The van der Waals surface area contributed by atoms with Crippen molar-refractivity contribution in [3.05, 3.63) is 53.9 Å². The molecule has 0 amide bonds. The molecule has 0 spiro atoms. The summed E-state index contributed by atoms with van der Waals surface area (Å²) in [5.41, 5.74) is 3.20. The highest BCUT2D eigenvalue weighted by Crippen LogP contribution is 2.30. The van der Waals surface area contributed by atoms with E-state index in [9.17, 15) is 0 Å². The number of hydrogen-bond donors (Lipinski definition) is 3. The lowest BCUT2D eigenvalue weighted by Gasteiger charge is -2.20. The molecule has 0 saturated heterocycles. The average molecular weight is 424 g/mol. The highest BCUT2D eigenvalue weighted by atomic mass is 16.5. The molecule has 1 unspecified atom stereocenters. The molecule has 0 radical (unpaired) electrons. The molecule has 0 aliphatic heterocycles. The minimum Gasteiger partial charge on any atom is -0.490 e. The van der Waals surface area contributed by atoms with E-state index in [1.54, 1.807) is 7.05 Å². The van der Waals surface area contributed by atoms with Gasteiger partial charge in [0.2, 0.25) is 0 Å². The Balaban J connectivity index is 1.51. The first kappa shape index (κ1) is 22.5. The molecule has 3 aromatic rings. The van der Waals surface area contributed by atoms with E-state index in [0.717, 1.165) is 59.3 Å². The molecule has 31 heavy (non-hydrogen) atoms. The van der Waals surface area contributed by atoms with Crippen molar-refractivity contribution in [2.24, 2.45) is 4.99 Å². The Bertz CT molecular complexity index is 966. The Morgan fingerprint density at radius 1 is 1.10 bits per heavy atom. The number of ether oxygens (including phenoxy) is 2. The normalized spacial score (nSPS) is 12.6. The van der Waals surface area contributed by atoms with Crippen molar-refractivity contribution in [1.82, 2.24) is 20.6 Å². The van der Waals surface area contributed by atoms with Crippen molar-refractivity contribution in [3.8, 4) is 11.5 Å². The Morgan fingerprint density at radius 2 is 1.87 bits per heavy atom. The van der Waals surface area contributed by atoms with E-state index >= 15 is 0 Å². The van der Waals surface area contributed by atoms with Crippen LogP contribution in [0.15, 0.2) is 47.5 Å². The summed E-state index contributed by atoms with van der Waals surface area (Å²) in [6.45, 7) is 8.06. The molecule has 7 nitrogen and oxygen atoms in total. The van der Waals surface area contributed by atoms with Gasteiger partial charge in [0, 0.05) is 20.0 Å². The van der Waals surface area contributed by atoms with Crippen LogP contribution >= 0.6 is 0 Å². The van der Waals surface area contributed by atoms with E-state index in [1.807, 2.05) is 44.2 Å². The van der Waals surface area contributed by atoms with Crippen LogP contribution in [0.2, 0.25) is 0 Å². The fourth-order valence-electron chi connectivity index (χ4n) is 3.41. The Morgan fingerprint density at radius 3 is 2.61 bits per heavy atom. The SMILES string of the molecule is CCOc1ccc(C(C)NC(=NC)NCCCc2nc3ccccc3[nH]2)cc1OCC. The van der Waals surface area contributed by atoms with Gasteiger partial charge in [-0.2, -0.15) is 0 Å². The van der Waals surface area contributed by atoms with Gasteiger partial charge in [-0.1, -0.05) is 18.2 Å². The van der Waals surface area contributed by atoms with Crippen molar-refractivity contribution in [1.29, 1.82) is 0 Å². The molecule has 3 N–H and O–H groups in total. The third kappa shape index (κ3) is 6.13. The fourth-order valence-corrected chi connectivity index (χ4v) is 3.41. The van der Waals surface area contributed by atoms with Crippen LogP contribution in [0.1, 0.15) is 44.6 Å². The molecule has 3 rings (SSSR count). The maximum absolute atomic E-state index is 5.75. The van der Waals surface area contributed by atoms with Crippen molar-refractivity contribution >= 4 is 17.0 Å². The first-order valence-electron chi connectivity index (χ1n) is 10.9. The standard InChI is InChI=1S/C24H33N5O2/c1-5-30-21-14-13-18(16-22(21)31-6-2)17(3)27-24(25-4)26-15-9-12-23-28-19-10-7-8-11-20(19)29-23/h7-8,10-11,13-14,16-17H,5-6,9,12,15H2,1-4H3,(H,28,29)(H2,25,26,27). The summed E-state index contributed by atoms with van der Waals surface area (Å²) < 4.78 is 11.4. The van der Waals surface area contributed by atoms with Gasteiger partial charge in [0.25, 0.3) is 0 Å². The van der Waals surface area contributed by atoms with Crippen LogP contribution in [0, 0.1) is 0 Å². The molecule has 0 saturated carbocycles. The number of nitrogens with one attached hydrogen (secondary N) is 3. The van der Waals surface area contributed by atoms with Crippen molar-refractivity contribution in [2.75, 3.05) is 26.8 Å². The Hall–Kier alpha value is -3.22. The molecule has 1 aromatic heterocycles. The highest BCUT2D eigenvalue weighted by molar-refractivity contribution is 5.80. The van der Waals surface area contributed by atoms with E-state index in [4.69, 9.17) is 9.47 Å². The monoisotopic (exact) mass is 423 g/mol. The average Bonchev–Trinajstić information content (AvgIpc) is 3.20. The number of imidazole rings is 1. The molecule has 2 aromatic carbocycles. The zero-order valence-corrected chi connectivity index (χ0v) is 18.9. The second kappa shape index (κ2) is 11.2. The van der Waals surface area contributed by atoms with Crippen LogP contribution in [0.5, 0.6) is 11.5 Å². The smallest absolute Gasteiger partial charge is 0.191 e. The molecule has 166 valence electrons. The predicted octanol–water partition coefficient (Wildman–Crippen LogP) is 4.22. The molecule has 1 atom stereocenters. The molecule has 1 heterocycles. The number of fused-ring (bicyclic) bond motifs is 1. The van der Waals surface area contributed by atoms with E-state index in [2.05, 4.69) is 44.7 Å². The lowest BCUT2D eigenvalue weighted by Crippen LogP contribution is -2.39. The molecule has 0 bridgehead atoms. The van der Waals surface area contributed by atoms with Crippen LogP contribution in [-0.2, 0) is 6.42 Å².